The molecular formula is C15H20N2. The molecule has 1 aliphatic heterocycles. The van der Waals surface area contributed by atoms with Gasteiger partial charge in [-0.3, -0.25) is 4.99 Å². The number of hydrogen-bond donors (Lipinski definition) is 1. The van der Waals surface area contributed by atoms with Crippen molar-refractivity contribution in [2.75, 3.05) is 0 Å². The second kappa shape index (κ2) is 4.36. The lowest BCUT2D eigenvalue weighted by Crippen LogP contribution is -1.87. The number of aliphatic imine (C=N–C) groups is 1. The first-order valence-corrected chi connectivity index (χ1v) is 6.16. The van der Waals surface area contributed by atoms with Crippen LogP contribution in [0.25, 0.3) is 6.08 Å². The van der Waals surface area contributed by atoms with Crippen LogP contribution in [0.5, 0.6) is 0 Å². The summed E-state index contributed by atoms with van der Waals surface area (Å²) < 4.78 is 0. The van der Waals surface area contributed by atoms with Crippen LogP contribution in [0.3, 0.4) is 0 Å². The van der Waals surface area contributed by atoms with Crippen LogP contribution < -0.4 is 0 Å². The van der Waals surface area contributed by atoms with Gasteiger partial charge < -0.3 is 4.98 Å². The summed E-state index contributed by atoms with van der Waals surface area (Å²) in [5.74, 6) is 0. The Kier molecular flexibility index (Phi) is 3.05. The van der Waals surface area contributed by atoms with Crippen LogP contribution in [0.4, 0.5) is 0 Å². The predicted molar refractivity (Wildman–Crippen MR) is 74.4 cm³/mol. The van der Waals surface area contributed by atoms with Gasteiger partial charge in [-0.25, -0.2) is 0 Å². The van der Waals surface area contributed by atoms with E-state index >= 15 is 0 Å². The minimum atomic E-state index is 1.05. The lowest BCUT2D eigenvalue weighted by molar-refractivity contribution is 1.11. The summed E-state index contributed by atoms with van der Waals surface area (Å²) in [5.41, 5.74) is 8.74. The summed E-state index contributed by atoms with van der Waals surface area (Å²) >= 11 is 0. The molecule has 0 spiro atoms. The molecule has 0 bridgehead atoms. The van der Waals surface area contributed by atoms with Crippen molar-refractivity contribution < 1.29 is 0 Å². The first-order chi connectivity index (χ1) is 8.04. The van der Waals surface area contributed by atoms with E-state index in [9.17, 15) is 0 Å². The third-order valence-corrected chi connectivity index (χ3v) is 3.66. The minimum Gasteiger partial charge on any atom is -0.361 e. The highest BCUT2D eigenvalue weighted by Gasteiger charge is 2.14. The van der Waals surface area contributed by atoms with Crippen LogP contribution in [-0.4, -0.2) is 10.7 Å². The highest BCUT2D eigenvalue weighted by atomic mass is 14.8. The van der Waals surface area contributed by atoms with Crippen molar-refractivity contribution in [2.45, 2.75) is 41.0 Å². The molecule has 0 radical (unpaired) electrons. The van der Waals surface area contributed by atoms with Crippen LogP contribution in [0.1, 0.15) is 44.5 Å². The maximum Gasteiger partial charge on any atom is 0.0686 e. The fraction of sp³-hybridized carbons (Fsp3) is 0.400. The van der Waals surface area contributed by atoms with Crippen molar-refractivity contribution in [3.63, 3.8) is 0 Å². The molecule has 1 N–H and O–H groups in total. The van der Waals surface area contributed by atoms with E-state index in [-0.39, 0.29) is 0 Å². The number of H-pyrrole nitrogens is 1. The van der Waals surface area contributed by atoms with E-state index in [1.54, 1.807) is 0 Å². The topological polar surface area (TPSA) is 28.1 Å². The molecule has 2 heteroatoms. The smallest absolute Gasteiger partial charge is 0.0686 e. The van der Waals surface area contributed by atoms with Crippen molar-refractivity contribution in [2.24, 2.45) is 4.99 Å². The molecule has 0 atom stereocenters. The van der Waals surface area contributed by atoms with Crippen molar-refractivity contribution >= 4 is 11.8 Å². The van der Waals surface area contributed by atoms with Crippen molar-refractivity contribution in [1.82, 2.24) is 4.98 Å². The zero-order valence-electron chi connectivity index (χ0n) is 11.3. The van der Waals surface area contributed by atoms with Crippen LogP contribution in [0.2, 0.25) is 0 Å². The lowest BCUT2D eigenvalue weighted by Gasteiger charge is -2.00. The fourth-order valence-corrected chi connectivity index (χ4v) is 2.26. The largest absolute Gasteiger partial charge is 0.361 e. The Morgan fingerprint density at radius 3 is 2.41 bits per heavy atom. The molecule has 17 heavy (non-hydrogen) atoms. The van der Waals surface area contributed by atoms with Crippen LogP contribution in [0, 0.1) is 6.92 Å². The van der Waals surface area contributed by atoms with Crippen LogP contribution >= 0.6 is 0 Å². The van der Waals surface area contributed by atoms with Gasteiger partial charge in [0.05, 0.1) is 5.70 Å². The Morgan fingerprint density at radius 2 is 1.88 bits per heavy atom. The summed E-state index contributed by atoms with van der Waals surface area (Å²) in [6, 6.07) is 0. The summed E-state index contributed by atoms with van der Waals surface area (Å²) in [6.07, 6.45) is 5.29. The number of rotatable bonds is 2. The second-order valence-corrected chi connectivity index (χ2v) is 4.69. The Bertz CT molecular complexity index is 539. The Morgan fingerprint density at radius 1 is 1.18 bits per heavy atom. The molecule has 0 unspecified atom stereocenters. The van der Waals surface area contributed by atoms with Gasteiger partial charge in [0.1, 0.15) is 0 Å². The number of aromatic nitrogens is 1. The van der Waals surface area contributed by atoms with E-state index in [1.807, 2.05) is 0 Å². The maximum absolute atomic E-state index is 4.61. The van der Waals surface area contributed by atoms with Gasteiger partial charge in [-0.2, -0.15) is 0 Å². The molecule has 0 aliphatic carbocycles. The van der Waals surface area contributed by atoms with Crippen molar-refractivity contribution in [3.8, 4) is 0 Å². The third-order valence-electron chi connectivity index (χ3n) is 3.66. The Labute approximate surface area is 103 Å². The zero-order valence-corrected chi connectivity index (χ0v) is 11.3. The number of nitrogens with one attached hydrogen (secondary N) is 1. The van der Waals surface area contributed by atoms with Gasteiger partial charge in [0.15, 0.2) is 0 Å². The number of hydrogen-bond acceptors (Lipinski definition) is 1. The normalized spacial score (nSPS) is 18.2. The zero-order chi connectivity index (χ0) is 12.6. The van der Waals surface area contributed by atoms with Crippen molar-refractivity contribution in [1.29, 1.82) is 0 Å². The van der Waals surface area contributed by atoms with Gasteiger partial charge in [-0.15, -0.1) is 0 Å². The second-order valence-electron chi connectivity index (χ2n) is 4.69. The summed E-state index contributed by atoms with van der Waals surface area (Å²) in [4.78, 5) is 7.95. The number of nitrogens with zero attached hydrogens (tertiary/aromatic N) is 1. The highest BCUT2D eigenvalue weighted by Crippen LogP contribution is 2.27. The average molecular weight is 228 g/mol. The molecule has 1 aromatic rings. The molecule has 1 aromatic heterocycles. The third kappa shape index (κ3) is 1.99. The standard InChI is InChI=1S/C15H20N2/c1-6-13-9(2)8-16-15(13)7-14-11(4)10(3)12(5)17-14/h7-8,16H,6H2,1-5H3. The summed E-state index contributed by atoms with van der Waals surface area (Å²) in [6.45, 7) is 10.7. The van der Waals surface area contributed by atoms with Gasteiger partial charge in [0, 0.05) is 17.6 Å². The van der Waals surface area contributed by atoms with E-state index in [0.717, 1.165) is 17.8 Å². The summed E-state index contributed by atoms with van der Waals surface area (Å²) in [5, 5.41) is 0. The maximum atomic E-state index is 4.61. The Hall–Kier alpha value is -1.57. The summed E-state index contributed by atoms with van der Waals surface area (Å²) in [7, 11) is 0. The van der Waals surface area contributed by atoms with E-state index in [4.69, 9.17) is 0 Å². The monoisotopic (exact) mass is 228 g/mol. The van der Waals surface area contributed by atoms with E-state index < -0.39 is 0 Å². The molecule has 2 heterocycles. The molecule has 1 aliphatic rings. The van der Waals surface area contributed by atoms with Gasteiger partial charge >= 0.3 is 0 Å². The number of aromatic amines is 1. The van der Waals surface area contributed by atoms with Crippen LogP contribution in [-0.2, 0) is 6.42 Å². The van der Waals surface area contributed by atoms with Gasteiger partial charge in [0.25, 0.3) is 0 Å². The predicted octanol–water partition coefficient (Wildman–Crippen LogP) is 4.04. The molecule has 2 nitrogen and oxygen atoms in total. The van der Waals surface area contributed by atoms with Gasteiger partial charge in [-0.1, -0.05) is 6.92 Å². The van der Waals surface area contributed by atoms with Gasteiger partial charge in [0.2, 0.25) is 0 Å². The molecule has 2 rings (SSSR count). The van der Waals surface area contributed by atoms with E-state index in [2.05, 4.69) is 56.9 Å². The molecule has 0 aromatic carbocycles. The lowest BCUT2D eigenvalue weighted by atomic mass is 10.1. The Balaban J connectivity index is 2.45. The minimum absolute atomic E-state index is 1.05. The molecule has 0 fully saturated rings. The first-order valence-electron chi connectivity index (χ1n) is 6.16. The molecule has 90 valence electrons. The van der Waals surface area contributed by atoms with Crippen molar-refractivity contribution in [3.05, 3.63) is 39.9 Å². The highest BCUT2D eigenvalue weighted by molar-refractivity contribution is 6.03. The number of allylic oxidation sites excluding steroid dienone is 2. The fourth-order valence-electron chi connectivity index (χ4n) is 2.26. The molecule has 0 saturated heterocycles. The SMILES string of the molecule is CCc1c(C)c[nH]c1C=C1N=C(C)C(C)=C1C. The molecule has 0 amide bonds. The molecular weight excluding hydrogens is 208 g/mol. The quantitative estimate of drug-likeness (QED) is 0.791. The average Bonchev–Trinajstić information content (AvgIpc) is 2.76. The first kappa shape index (κ1) is 11.9. The van der Waals surface area contributed by atoms with E-state index in [0.29, 0.717) is 0 Å². The van der Waals surface area contributed by atoms with Gasteiger partial charge in [-0.05, 0) is 62.5 Å². The van der Waals surface area contributed by atoms with Crippen LogP contribution in [0.15, 0.2) is 28.0 Å². The molecule has 0 saturated carbocycles. The number of aryl methyl sites for hydroxylation is 1. The van der Waals surface area contributed by atoms with E-state index in [1.165, 1.54) is 28.0 Å².